The van der Waals surface area contributed by atoms with Gasteiger partial charge in [-0.3, -0.25) is 4.79 Å². The van der Waals surface area contributed by atoms with Crippen LogP contribution >= 0.6 is 0 Å². The predicted octanol–water partition coefficient (Wildman–Crippen LogP) is 6.02. The van der Waals surface area contributed by atoms with E-state index in [2.05, 4.69) is 17.4 Å². The standard InChI is InChI=1S/C25H23N3O/c1-3-28(18(2)29)25-17-20(14-16-24(25)26-21-10-5-4-6-11-21)23-15-13-19-9-7-8-12-22(19)27-23/h4-17,26H,3H2,1-2H3. The first-order chi connectivity index (χ1) is 14.2. The maximum atomic E-state index is 12.3. The molecule has 29 heavy (non-hydrogen) atoms. The van der Waals surface area contributed by atoms with E-state index in [4.69, 9.17) is 4.98 Å². The van der Waals surface area contributed by atoms with Crippen LogP contribution in [0, 0.1) is 0 Å². The smallest absolute Gasteiger partial charge is 0.223 e. The minimum absolute atomic E-state index is 0.00670. The SMILES string of the molecule is CCN(C(C)=O)c1cc(-c2ccc3ccccc3n2)ccc1Nc1ccccc1. The molecule has 0 aliphatic heterocycles. The fourth-order valence-corrected chi connectivity index (χ4v) is 3.49. The normalized spacial score (nSPS) is 10.7. The predicted molar refractivity (Wildman–Crippen MR) is 121 cm³/mol. The number of pyridine rings is 1. The summed E-state index contributed by atoms with van der Waals surface area (Å²) >= 11 is 0. The van der Waals surface area contributed by atoms with Crippen molar-refractivity contribution in [3.8, 4) is 11.3 Å². The van der Waals surface area contributed by atoms with Crippen LogP contribution in [0.3, 0.4) is 0 Å². The third kappa shape index (κ3) is 3.97. The second-order valence-electron chi connectivity index (χ2n) is 6.88. The molecule has 3 aromatic carbocycles. The summed E-state index contributed by atoms with van der Waals surface area (Å²) in [5, 5.41) is 4.55. The lowest BCUT2D eigenvalue weighted by atomic mass is 10.1. The van der Waals surface area contributed by atoms with Crippen molar-refractivity contribution in [1.29, 1.82) is 0 Å². The van der Waals surface area contributed by atoms with Crippen molar-refractivity contribution in [2.24, 2.45) is 0 Å². The topological polar surface area (TPSA) is 45.2 Å². The summed E-state index contributed by atoms with van der Waals surface area (Å²) in [6.07, 6.45) is 0. The molecule has 4 nitrogen and oxygen atoms in total. The molecule has 4 rings (SSSR count). The first kappa shape index (κ1) is 18.7. The maximum Gasteiger partial charge on any atom is 0.223 e. The van der Waals surface area contributed by atoms with Crippen LogP contribution in [0.1, 0.15) is 13.8 Å². The number of aromatic nitrogens is 1. The number of nitrogens with one attached hydrogen (secondary N) is 1. The van der Waals surface area contributed by atoms with E-state index in [0.717, 1.165) is 39.2 Å². The Bertz CT molecular complexity index is 1160. The summed E-state index contributed by atoms with van der Waals surface area (Å²) in [7, 11) is 0. The first-order valence-corrected chi connectivity index (χ1v) is 9.76. The van der Waals surface area contributed by atoms with Crippen molar-refractivity contribution >= 4 is 33.9 Å². The number of nitrogens with zero attached hydrogens (tertiary/aromatic N) is 2. The third-order valence-corrected chi connectivity index (χ3v) is 4.93. The number of anilines is 3. The molecule has 1 aromatic heterocycles. The Balaban J connectivity index is 1.80. The van der Waals surface area contributed by atoms with Crippen molar-refractivity contribution in [2.45, 2.75) is 13.8 Å². The summed E-state index contributed by atoms with van der Waals surface area (Å²) in [4.78, 5) is 18.9. The molecule has 4 heteroatoms. The van der Waals surface area contributed by atoms with E-state index in [-0.39, 0.29) is 5.91 Å². The van der Waals surface area contributed by atoms with Crippen LogP contribution in [-0.2, 0) is 4.79 Å². The van der Waals surface area contributed by atoms with Gasteiger partial charge in [-0.15, -0.1) is 0 Å². The first-order valence-electron chi connectivity index (χ1n) is 9.76. The number of amides is 1. The molecule has 0 unspecified atom stereocenters. The number of hydrogen-bond donors (Lipinski definition) is 1. The minimum Gasteiger partial charge on any atom is -0.354 e. The van der Waals surface area contributed by atoms with Crippen LogP contribution in [0.25, 0.3) is 22.2 Å². The van der Waals surface area contributed by atoms with Gasteiger partial charge < -0.3 is 10.2 Å². The third-order valence-electron chi connectivity index (χ3n) is 4.93. The molecule has 1 heterocycles. The number of carbonyl (C=O) groups excluding carboxylic acids is 1. The van der Waals surface area contributed by atoms with Crippen molar-refractivity contribution in [2.75, 3.05) is 16.8 Å². The van der Waals surface area contributed by atoms with Crippen molar-refractivity contribution in [3.63, 3.8) is 0 Å². The number of carbonyl (C=O) groups is 1. The van der Waals surface area contributed by atoms with Gasteiger partial charge in [-0.05, 0) is 43.3 Å². The van der Waals surface area contributed by atoms with E-state index in [1.165, 1.54) is 0 Å². The molecule has 1 N–H and O–H groups in total. The molecule has 0 fully saturated rings. The van der Waals surface area contributed by atoms with Crippen molar-refractivity contribution in [1.82, 2.24) is 4.98 Å². The zero-order valence-electron chi connectivity index (χ0n) is 16.6. The van der Waals surface area contributed by atoms with Gasteiger partial charge in [0.1, 0.15) is 0 Å². The fourth-order valence-electron chi connectivity index (χ4n) is 3.49. The molecule has 0 bridgehead atoms. The lowest BCUT2D eigenvalue weighted by molar-refractivity contribution is -0.116. The van der Waals surface area contributed by atoms with E-state index in [0.29, 0.717) is 6.54 Å². The van der Waals surface area contributed by atoms with Crippen molar-refractivity contribution in [3.05, 3.63) is 84.9 Å². The number of hydrogen-bond acceptors (Lipinski definition) is 3. The van der Waals surface area contributed by atoms with E-state index < -0.39 is 0 Å². The molecule has 0 aliphatic carbocycles. The summed E-state index contributed by atoms with van der Waals surface area (Å²) in [5.74, 6) is 0.00670. The van der Waals surface area contributed by atoms with Gasteiger partial charge in [-0.1, -0.05) is 48.5 Å². The van der Waals surface area contributed by atoms with Crippen molar-refractivity contribution < 1.29 is 4.79 Å². The highest BCUT2D eigenvalue weighted by molar-refractivity contribution is 5.97. The lowest BCUT2D eigenvalue weighted by Gasteiger charge is -2.24. The molecular formula is C25H23N3O. The Morgan fingerprint density at radius 2 is 1.69 bits per heavy atom. The highest BCUT2D eigenvalue weighted by atomic mass is 16.2. The van der Waals surface area contributed by atoms with Gasteiger partial charge >= 0.3 is 0 Å². The molecule has 0 saturated carbocycles. The number of para-hydroxylation sites is 2. The van der Waals surface area contributed by atoms with Crippen LogP contribution in [0.4, 0.5) is 17.1 Å². The Labute approximate surface area is 170 Å². The number of benzene rings is 3. The molecule has 144 valence electrons. The molecule has 4 aromatic rings. The van der Waals surface area contributed by atoms with Gasteiger partial charge in [0.15, 0.2) is 0 Å². The van der Waals surface area contributed by atoms with E-state index >= 15 is 0 Å². The minimum atomic E-state index is 0.00670. The highest BCUT2D eigenvalue weighted by Crippen LogP contribution is 2.34. The van der Waals surface area contributed by atoms with Gasteiger partial charge in [0.2, 0.25) is 5.91 Å². The van der Waals surface area contributed by atoms with Crippen LogP contribution < -0.4 is 10.2 Å². The Morgan fingerprint density at radius 1 is 0.931 bits per heavy atom. The molecule has 0 saturated heterocycles. The summed E-state index contributed by atoms with van der Waals surface area (Å²) in [5.41, 5.74) is 5.52. The van der Waals surface area contributed by atoms with Gasteiger partial charge in [-0.2, -0.15) is 0 Å². The summed E-state index contributed by atoms with van der Waals surface area (Å²) in [6.45, 7) is 4.17. The molecule has 0 aliphatic rings. The second kappa shape index (κ2) is 8.15. The quantitative estimate of drug-likeness (QED) is 0.460. The summed E-state index contributed by atoms with van der Waals surface area (Å²) in [6, 6.07) is 28.2. The van der Waals surface area contributed by atoms with Gasteiger partial charge in [-0.25, -0.2) is 4.98 Å². The van der Waals surface area contributed by atoms with Crippen LogP contribution in [-0.4, -0.2) is 17.4 Å². The zero-order chi connectivity index (χ0) is 20.2. The number of rotatable bonds is 5. The zero-order valence-corrected chi connectivity index (χ0v) is 16.6. The van der Waals surface area contributed by atoms with E-state index in [9.17, 15) is 4.79 Å². The largest absolute Gasteiger partial charge is 0.354 e. The van der Waals surface area contributed by atoms with Gasteiger partial charge in [0, 0.05) is 30.1 Å². The summed E-state index contributed by atoms with van der Waals surface area (Å²) < 4.78 is 0. The monoisotopic (exact) mass is 381 g/mol. The van der Waals surface area contributed by atoms with Crippen LogP contribution in [0.5, 0.6) is 0 Å². The Morgan fingerprint density at radius 3 is 2.45 bits per heavy atom. The lowest BCUT2D eigenvalue weighted by Crippen LogP contribution is -2.28. The van der Waals surface area contributed by atoms with E-state index in [1.807, 2.05) is 79.7 Å². The van der Waals surface area contributed by atoms with Gasteiger partial charge in [0.05, 0.1) is 22.6 Å². The Kier molecular flexibility index (Phi) is 5.25. The molecule has 1 amide bonds. The molecule has 0 spiro atoms. The average Bonchev–Trinajstić information content (AvgIpc) is 2.75. The molecule has 0 atom stereocenters. The fraction of sp³-hybridized carbons (Fsp3) is 0.120. The van der Waals surface area contributed by atoms with Crippen LogP contribution in [0.15, 0.2) is 84.9 Å². The molecular weight excluding hydrogens is 358 g/mol. The second-order valence-corrected chi connectivity index (χ2v) is 6.88. The molecule has 0 radical (unpaired) electrons. The Hall–Kier alpha value is -3.66. The van der Waals surface area contributed by atoms with E-state index in [1.54, 1.807) is 11.8 Å². The average molecular weight is 381 g/mol. The van der Waals surface area contributed by atoms with Gasteiger partial charge in [0.25, 0.3) is 0 Å². The van der Waals surface area contributed by atoms with Crippen LogP contribution in [0.2, 0.25) is 0 Å². The number of fused-ring (bicyclic) bond motifs is 1. The highest BCUT2D eigenvalue weighted by Gasteiger charge is 2.16. The maximum absolute atomic E-state index is 12.3.